The first-order valence-electron chi connectivity index (χ1n) is 13.6. The highest BCUT2D eigenvalue weighted by molar-refractivity contribution is 6.99. The van der Waals surface area contributed by atoms with E-state index in [1.807, 2.05) is 0 Å². The molecule has 2 aromatic rings. The normalized spacial score (nSPS) is 12.2. The molecule has 0 fully saturated rings. The topological polar surface area (TPSA) is 46.2 Å². The van der Waals surface area contributed by atoms with Crippen molar-refractivity contribution in [2.24, 2.45) is 0 Å². The number of halogens is 1. The van der Waals surface area contributed by atoms with E-state index in [-0.39, 0.29) is 5.04 Å². The lowest BCUT2D eigenvalue weighted by Gasteiger charge is -2.43. The maximum absolute atomic E-state index is 6.83. The zero-order valence-corrected chi connectivity index (χ0v) is 24.8. The standard InChI is InChI=1S/C30H47ClO5Si/c1-30(2,3)37(28-14-8-6-9-15-28,29-16-10-7-11-17-29)36-27-26-35-25-24-34-23-22-33-21-20-32-19-13-5-4-12-18-31/h6-11,14-17H,4-5,12-13,18-27H2,1-3H3. The molecule has 0 saturated carbocycles. The van der Waals surface area contributed by atoms with Gasteiger partial charge in [-0.3, -0.25) is 0 Å². The number of rotatable bonds is 21. The van der Waals surface area contributed by atoms with Gasteiger partial charge in [-0.05, 0) is 28.3 Å². The van der Waals surface area contributed by atoms with Crippen molar-refractivity contribution >= 4 is 30.3 Å². The number of benzene rings is 2. The monoisotopic (exact) mass is 550 g/mol. The van der Waals surface area contributed by atoms with Gasteiger partial charge in [-0.25, -0.2) is 0 Å². The van der Waals surface area contributed by atoms with Crippen molar-refractivity contribution in [3.05, 3.63) is 60.7 Å². The Morgan fingerprint density at radius 2 is 0.946 bits per heavy atom. The van der Waals surface area contributed by atoms with Gasteiger partial charge in [0.2, 0.25) is 0 Å². The molecule has 0 bridgehead atoms. The van der Waals surface area contributed by atoms with Gasteiger partial charge in [0.05, 0.1) is 52.9 Å². The number of unbranched alkanes of at least 4 members (excludes halogenated alkanes) is 3. The number of alkyl halides is 1. The molecule has 0 N–H and O–H groups in total. The number of ether oxygens (including phenoxy) is 4. The largest absolute Gasteiger partial charge is 0.405 e. The van der Waals surface area contributed by atoms with Crippen molar-refractivity contribution < 1.29 is 23.4 Å². The minimum absolute atomic E-state index is 0.0336. The van der Waals surface area contributed by atoms with E-state index in [0.717, 1.165) is 25.3 Å². The second-order valence-corrected chi connectivity index (χ2v) is 14.7. The quantitative estimate of drug-likeness (QED) is 0.118. The zero-order chi connectivity index (χ0) is 26.7. The van der Waals surface area contributed by atoms with Crippen LogP contribution in [0.5, 0.6) is 0 Å². The highest BCUT2D eigenvalue weighted by atomic mass is 35.5. The minimum Gasteiger partial charge on any atom is -0.405 e. The van der Waals surface area contributed by atoms with Gasteiger partial charge in [0.25, 0.3) is 8.32 Å². The molecule has 208 valence electrons. The van der Waals surface area contributed by atoms with Crippen LogP contribution in [-0.4, -0.2) is 73.7 Å². The Balaban J connectivity index is 1.61. The fourth-order valence-electron chi connectivity index (χ4n) is 4.43. The van der Waals surface area contributed by atoms with Crippen molar-refractivity contribution in [1.29, 1.82) is 0 Å². The van der Waals surface area contributed by atoms with E-state index >= 15 is 0 Å². The van der Waals surface area contributed by atoms with Crippen molar-refractivity contribution in [3.63, 3.8) is 0 Å². The molecule has 5 nitrogen and oxygen atoms in total. The van der Waals surface area contributed by atoms with Crippen molar-refractivity contribution in [1.82, 2.24) is 0 Å². The Morgan fingerprint density at radius 1 is 0.541 bits per heavy atom. The first-order valence-corrected chi connectivity index (χ1v) is 16.1. The summed E-state index contributed by atoms with van der Waals surface area (Å²) in [4.78, 5) is 0. The maximum Gasteiger partial charge on any atom is 0.261 e. The molecule has 0 aliphatic rings. The van der Waals surface area contributed by atoms with E-state index in [1.54, 1.807) is 0 Å². The van der Waals surface area contributed by atoms with Gasteiger partial charge >= 0.3 is 0 Å². The van der Waals surface area contributed by atoms with Crippen LogP contribution in [0, 0.1) is 0 Å². The highest BCUT2D eigenvalue weighted by Gasteiger charge is 2.49. The summed E-state index contributed by atoms with van der Waals surface area (Å²) in [7, 11) is -2.50. The van der Waals surface area contributed by atoms with E-state index in [1.165, 1.54) is 23.2 Å². The lowest BCUT2D eigenvalue weighted by molar-refractivity contribution is -0.00517. The minimum atomic E-state index is -2.50. The lowest BCUT2D eigenvalue weighted by atomic mass is 10.2. The van der Waals surface area contributed by atoms with Gasteiger partial charge in [-0.15, -0.1) is 11.6 Å². The first kappa shape index (κ1) is 32.0. The second kappa shape index (κ2) is 18.9. The van der Waals surface area contributed by atoms with Crippen LogP contribution in [0.4, 0.5) is 0 Å². The molecule has 0 aliphatic carbocycles. The molecular weight excluding hydrogens is 504 g/mol. The van der Waals surface area contributed by atoms with Crippen LogP contribution < -0.4 is 10.4 Å². The third-order valence-electron chi connectivity index (χ3n) is 6.25. The summed E-state index contributed by atoms with van der Waals surface area (Å²) in [6, 6.07) is 21.4. The summed E-state index contributed by atoms with van der Waals surface area (Å²) in [5.41, 5.74) is 0. The summed E-state index contributed by atoms with van der Waals surface area (Å²) in [5, 5.41) is 2.53. The fourth-order valence-corrected chi connectivity index (χ4v) is 9.16. The zero-order valence-electron chi connectivity index (χ0n) is 23.1. The van der Waals surface area contributed by atoms with Gasteiger partial charge in [0, 0.05) is 12.5 Å². The summed E-state index contributed by atoms with van der Waals surface area (Å²) in [5.74, 6) is 0.750. The van der Waals surface area contributed by atoms with Crippen molar-refractivity contribution in [2.45, 2.75) is 51.5 Å². The molecule has 0 radical (unpaired) electrons. The predicted molar refractivity (Wildman–Crippen MR) is 156 cm³/mol. The van der Waals surface area contributed by atoms with Crippen LogP contribution in [0.25, 0.3) is 0 Å². The van der Waals surface area contributed by atoms with Gasteiger partial charge < -0.3 is 23.4 Å². The number of hydrogen-bond donors (Lipinski definition) is 0. The molecule has 2 aromatic carbocycles. The van der Waals surface area contributed by atoms with E-state index in [4.69, 9.17) is 35.0 Å². The van der Waals surface area contributed by atoms with E-state index in [9.17, 15) is 0 Å². The molecule has 0 amide bonds. The number of hydrogen-bond acceptors (Lipinski definition) is 5. The molecule has 0 atom stereocenters. The van der Waals surface area contributed by atoms with Gasteiger partial charge in [0.15, 0.2) is 0 Å². The van der Waals surface area contributed by atoms with Gasteiger partial charge in [0.1, 0.15) is 0 Å². The van der Waals surface area contributed by atoms with Gasteiger partial charge in [-0.2, -0.15) is 0 Å². The summed E-state index contributed by atoms with van der Waals surface area (Å²) in [6.45, 7) is 12.2. The Hall–Kier alpha value is -1.25. The van der Waals surface area contributed by atoms with Crippen LogP contribution in [0.15, 0.2) is 60.7 Å². The van der Waals surface area contributed by atoms with Gasteiger partial charge in [-0.1, -0.05) is 94.3 Å². The maximum atomic E-state index is 6.83. The molecule has 0 spiro atoms. The Kier molecular flexibility index (Phi) is 16.3. The SMILES string of the molecule is CC(C)(C)[Si](OCCOCCOCCOCCOCCCCCCCl)(c1ccccc1)c1ccccc1. The summed E-state index contributed by atoms with van der Waals surface area (Å²) in [6.07, 6.45) is 4.53. The molecule has 0 saturated heterocycles. The Bertz CT molecular complexity index is 761. The van der Waals surface area contributed by atoms with E-state index < -0.39 is 8.32 Å². The summed E-state index contributed by atoms with van der Waals surface area (Å²) >= 11 is 5.67. The van der Waals surface area contributed by atoms with Crippen LogP contribution >= 0.6 is 11.6 Å². The Labute approximate surface area is 230 Å². The molecular formula is C30H47ClO5Si. The molecule has 0 aliphatic heterocycles. The van der Waals surface area contributed by atoms with Crippen LogP contribution in [0.1, 0.15) is 46.5 Å². The van der Waals surface area contributed by atoms with Crippen molar-refractivity contribution in [3.8, 4) is 0 Å². The van der Waals surface area contributed by atoms with Crippen LogP contribution in [-0.2, 0) is 23.4 Å². The molecule has 0 heterocycles. The molecule has 37 heavy (non-hydrogen) atoms. The second-order valence-electron chi connectivity index (χ2n) is 10.1. The smallest absolute Gasteiger partial charge is 0.261 e. The van der Waals surface area contributed by atoms with Crippen molar-refractivity contribution in [2.75, 3.05) is 65.3 Å². The summed E-state index contributed by atoms with van der Waals surface area (Å²) < 4.78 is 29.4. The van der Waals surface area contributed by atoms with Crippen LogP contribution in [0.3, 0.4) is 0 Å². The third-order valence-corrected chi connectivity index (χ3v) is 11.6. The average Bonchev–Trinajstić information content (AvgIpc) is 2.90. The average molecular weight is 551 g/mol. The highest BCUT2D eigenvalue weighted by Crippen LogP contribution is 2.36. The predicted octanol–water partition coefficient (Wildman–Crippen LogP) is 5.43. The molecule has 0 unspecified atom stereocenters. The molecule has 0 aromatic heterocycles. The van der Waals surface area contributed by atoms with E-state index in [2.05, 4.69) is 81.4 Å². The molecule has 7 heteroatoms. The van der Waals surface area contributed by atoms with Crippen LogP contribution in [0.2, 0.25) is 5.04 Å². The first-order chi connectivity index (χ1) is 18.0. The lowest BCUT2D eigenvalue weighted by Crippen LogP contribution is -2.66. The third kappa shape index (κ3) is 11.6. The fraction of sp³-hybridized carbons (Fsp3) is 0.600. The molecule has 2 rings (SSSR count). The van der Waals surface area contributed by atoms with E-state index in [0.29, 0.717) is 52.9 Å². The Morgan fingerprint density at radius 3 is 1.38 bits per heavy atom.